The Kier molecular flexibility index (Phi) is 3.76. The van der Waals surface area contributed by atoms with Crippen LogP contribution in [0.3, 0.4) is 0 Å². The van der Waals surface area contributed by atoms with Crippen molar-refractivity contribution in [1.29, 1.82) is 0 Å². The van der Waals surface area contributed by atoms with Crippen LogP contribution in [0.15, 0.2) is 16.6 Å². The maximum absolute atomic E-state index is 5.72. The second-order valence-corrected chi connectivity index (χ2v) is 5.89. The summed E-state index contributed by atoms with van der Waals surface area (Å²) in [6, 6.07) is 4.25. The van der Waals surface area contributed by atoms with Crippen molar-refractivity contribution in [2.75, 3.05) is 6.61 Å². The highest BCUT2D eigenvalue weighted by molar-refractivity contribution is 9.10. The van der Waals surface area contributed by atoms with Crippen molar-refractivity contribution < 1.29 is 4.74 Å². The molecule has 1 aromatic heterocycles. The number of ether oxygens (including phenoxy) is 1. The van der Waals surface area contributed by atoms with Crippen LogP contribution in [0.2, 0.25) is 0 Å². The molecule has 1 aromatic carbocycles. The summed E-state index contributed by atoms with van der Waals surface area (Å²) >= 11 is 3.56. The molecule has 2 aromatic rings. The molecule has 0 saturated carbocycles. The van der Waals surface area contributed by atoms with Crippen LogP contribution in [0.4, 0.5) is 0 Å². The maximum atomic E-state index is 5.72. The topological polar surface area (TPSA) is 52.0 Å². The molecule has 1 aliphatic heterocycles. The molecule has 106 valence electrons. The summed E-state index contributed by atoms with van der Waals surface area (Å²) in [6.45, 7) is 4.18. The van der Waals surface area contributed by atoms with Gasteiger partial charge in [-0.3, -0.25) is 0 Å². The highest BCUT2D eigenvalue weighted by Crippen LogP contribution is 2.32. The van der Waals surface area contributed by atoms with Crippen molar-refractivity contribution >= 4 is 15.9 Å². The zero-order chi connectivity index (χ0) is 14.1. The minimum atomic E-state index is 0.693. The van der Waals surface area contributed by atoms with Crippen LogP contribution in [-0.2, 0) is 26.6 Å². The number of nitrogens with zero attached hydrogens (tertiary/aromatic N) is 3. The molecule has 0 atom stereocenters. The monoisotopic (exact) mass is 336 g/mol. The van der Waals surface area contributed by atoms with Gasteiger partial charge >= 0.3 is 0 Å². The van der Waals surface area contributed by atoms with Gasteiger partial charge in [0.15, 0.2) is 0 Å². The normalized spacial score (nSPS) is 13.3. The van der Waals surface area contributed by atoms with Crippen molar-refractivity contribution in [2.24, 2.45) is 7.05 Å². The van der Waals surface area contributed by atoms with Crippen LogP contribution in [0.5, 0.6) is 5.75 Å². The standard InChI is InChI=1S/C14H17BrN4O/c1-9-17-18-13(19(9)2)8-16-7-11-6-12(15)5-10-3-4-20-14(10)11/h5-6,16H,3-4,7-8H2,1-2H3. The van der Waals surface area contributed by atoms with E-state index in [0.29, 0.717) is 6.54 Å². The van der Waals surface area contributed by atoms with Crippen molar-refractivity contribution in [2.45, 2.75) is 26.4 Å². The Hall–Kier alpha value is -1.40. The minimum Gasteiger partial charge on any atom is -0.493 e. The van der Waals surface area contributed by atoms with Crippen LogP contribution < -0.4 is 10.1 Å². The van der Waals surface area contributed by atoms with E-state index in [4.69, 9.17) is 4.74 Å². The lowest BCUT2D eigenvalue weighted by atomic mass is 10.1. The molecule has 2 heterocycles. The van der Waals surface area contributed by atoms with Gasteiger partial charge in [0, 0.05) is 30.0 Å². The van der Waals surface area contributed by atoms with Crippen LogP contribution in [0.25, 0.3) is 0 Å². The third-order valence-electron chi connectivity index (χ3n) is 3.61. The van der Waals surface area contributed by atoms with Crippen LogP contribution in [-0.4, -0.2) is 21.4 Å². The molecule has 3 rings (SSSR count). The molecule has 1 aliphatic rings. The molecule has 5 nitrogen and oxygen atoms in total. The average Bonchev–Trinajstić information content (AvgIpc) is 3.00. The fourth-order valence-corrected chi connectivity index (χ4v) is 2.94. The fraction of sp³-hybridized carbons (Fsp3) is 0.429. The number of hydrogen-bond acceptors (Lipinski definition) is 4. The van der Waals surface area contributed by atoms with Gasteiger partial charge in [-0.2, -0.15) is 0 Å². The molecule has 0 aliphatic carbocycles. The summed E-state index contributed by atoms with van der Waals surface area (Å²) in [5.74, 6) is 2.90. The van der Waals surface area contributed by atoms with Gasteiger partial charge in [0.25, 0.3) is 0 Å². The van der Waals surface area contributed by atoms with Gasteiger partial charge in [0.05, 0.1) is 13.2 Å². The molecular formula is C14H17BrN4O. The summed E-state index contributed by atoms with van der Waals surface area (Å²) in [5, 5.41) is 11.6. The average molecular weight is 337 g/mol. The van der Waals surface area contributed by atoms with Gasteiger partial charge in [-0.1, -0.05) is 15.9 Å². The van der Waals surface area contributed by atoms with Crippen molar-refractivity contribution in [3.05, 3.63) is 39.4 Å². The molecule has 0 saturated heterocycles. The van der Waals surface area contributed by atoms with Gasteiger partial charge in [0.2, 0.25) is 0 Å². The molecule has 20 heavy (non-hydrogen) atoms. The largest absolute Gasteiger partial charge is 0.493 e. The van der Waals surface area contributed by atoms with E-state index in [9.17, 15) is 0 Å². The number of benzene rings is 1. The molecule has 1 N–H and O–H groups in total. The molecular weight excluding hydrogens is 320 g/mol. The van der Waals surface area contributed by atoms with Gasteiger partial charge in [0.1, 0.15) is 17.4 Å². The van der Waals surface area contributed by atoms with E-state index >= 15 is 0 Å². The molecule has 0 amide bonds. The first-order chi connectivity index (χ1) is 9.65. The van der Waals surface area contributed by atoms with Crippen LogP contribution >= 0.6 is 15.9 Å². The van der Waals surface area contributed by atoms with E-state index in [1.165, 1.54) is 11.1 Å². The van der Waals surface area contributed by atoms with E-state index in [1.807, 2.05) is 18.5 Å². The summed E-state index contributed by atoms with van der Waals surface area (Å²) in [5.41, 5.74) is 2.47. The lowest BCUT2D eigenvalue weighted by Gasteiger charge is -2.10. The molecule has 0 bridgehead atoms. The van der Waals surface area contributed by atoms with E-state index in [2.05, 4.69) is 43.6 Å². The lowest BCUT2D eigenvalue weighted by Crippen LogP contribution is -2.16. The third-order valence-corrected chi connectivity index (χ3v) is 4.06. The first-order valence-electron chi connectivity index (χ1n) is 6.65. The van der Waals surface area contributed by atoms with Gasteiger partial charge in [-0.25, -0.2) is 0 Å². The molecule has 0 spiro atoms. The highest BCUT2D eigenvalue weighted by Gasteiger charge is 2.17. The Morgan fingerprint density at radius 3 is 2.95 bits per heavy atom. The second kappa shape index (κ2) is 5.54. The number of nitrogens with one attached hydrogen (secondary N) is 1. The van der Waals surface area contributed by atoms with Crippen molar-refractivity contribution in [3.8, 4) is 5.75 Å². The SMILES string of the molecule is Cc1nnc(CNCc2cc(Br)cc3c2OCC3)n1C. The molecule has 0 fully saturated rings. The van der Waals surface area contributed by atoms with E-state index in [1.54, 1.807) is 0 Å². The summed E-state index contributed by atoms with van der Waals surface area (Å²) < 4.78 is 8.82. The number of aryl methyl sites for hydroxylation is 1. The van der Waals surface area contributed by atoms with Gasteiger partial charge in [-0.05, 0) is 24.6 Å². The van der Waals surface area contributed by atoms with E-state index < -0.39 is 0 Å². The second-order valence-electron chi connectivity index (χ2n) is 4.98. The summed E-state index contributed by atoms with van der Waals surface area (Å²) in [4.78, 5) is 0. The van der Waals surface area contributed by atoms with Crippen LogP contribution in [0.1, 0.15) is 22.8 Å². The number of rotatable bonds is 4. The Labute approximate surface area is 126 Å². The van der Waals surface area contributed by atoms with Crippen molar-refractivity contribution in [1.82, 2.24) is 20.1 Å². The quantitative estimate of drug-likeness (QED) is 0.929. The predicted molar refractivity (Wildman–Crippen MR) is 79.6 cm³/mol. The predicted octanol–water partition coefficient (Wildman–Crippen LogP) is 2.11. The number of hydrogen-bond donors (Lipinski definition) is 1. The first kappa shape index (κ1) is 13.6. The van der Waals surface area contributed by atoms with E-state index in [0.717, 1.165) is 41.4 Å². The zero-order valence-corrected chi connectivity index (χ0v) is 13.2. The van der Waals surface area contributed by atoms with E-state index in [-0.39, 0.29) is 0 Å². The Bertz CT molecular complexity index is 638. The molecule has 0 radical (unpaired) electrons. The number of fused-ring (bicyclic) bond motifs is 1. The first-order valence-corrected chi connectivity index (χ1v) is 7.44. The number of aromatic nitrogens is 3. The Morgan fingerprint density at radius 1 is 1.35 bits per heavy atom. The third kappa shape index (κ3) is 2.58. The minimum absolute atomic E-state index is 0.693. The molecule has 0 unspecified atom stereocenters. The van der Waals surface area contributed by atoms with Gasteiger partial charge in [-0.15, -0.1) is 10.2 Å². The maximum Gasteiger partial charge on any atom is 0.146 e. The van der Waals surface area contributed by atoms with Crippen LogP contribution in [0, 0.1) is 6.92 Å². The smallest absolute Gasteiger partial charge is 0.146 e. The zero-order valence-electron chi connectivity index (χ0n) is 11.6. The Morgan fingerprint density at radius 2 is 2.20 bits per heavy atom. The number of halogens is 1. The van der Waals surface area contributed by atoms with Crippen molar-refractivity contribution in [3.63, 3.8) is 0 Å². The lowest BCUT2D eigenvalue weighted by molar-refractivity contribution is 0.352. The summed E-state index contributed by atoms with van der Waals surface area (Å²) in [6.07, 6.45) is 0.990. The molecule has 6 heteroatoms. The summed E-state index contributed by atoms with van der Waals surface area (Å²) in [7, 11) is 1.98. The van der Waals surface area contributed by atoms with Gasteiger partial charge < -0.3 is 14.6 Å². The fourth-order valence-electron chi connectivity index (χ4n) is 2.39. The Balaban J connectivity index is 1.69. The highest BCUT2D eigenvalue weighted by atomic mass is 79.9.